The van der Waals surface area contributed by atoms with E-state index in [0.717, 1.165) is 34.0 Å². The Bertz CT molecular complexity index is 559. The maximum absolute atomic E-state index is 5.80. The minimum absolute atomic E-state index is 0.150. The number of aromatic nitrogens is 2. The van der Waals surface area contributed by atoms with E-state index in [1.165, 1.54) is 11.8 Å². The van der Waals surface area contributed by atoms with E-state index < -0.39 is 0 Å². The fourth-order valence-electron chi connectivity index (χ4n) is 1.78. The SMILES string of the molecule is Cc1cc(CC(C)N)cnc1Sc1nc(C)c(C)o1. The molecule has 0 aliphatic heterocycles. The quantitative estimate of drug-likeness (QED) is 0.930. The summed E-state index contributed by atoms with van der Waals surface area (Å²) >= 11 is 1.46. The first-order valence-corrected chi connectivity index (χ1v) is 7.10. The third kappa shape index (κ3) is 3.58. The van der Waals surface area contributed by atoms with Crippen LogP contribution in [-0.2, 0) is 6.42 Å². The number of rotatable bonds is 4. The van der Waals surface area contributed by atoms with Gasteiger partial charge in [0.15, 0.2) is 0 Å². The second-order valence-corrected chi connectivity index (χ2v) is 5.81. The van der Waals surface area contributed by atoms with Crippen molar-refractivity contribution in [3.05, 3.63) is 34.8 Å². The van der Waals surface area contributed by atoms with E-state index in [1.807, 2.05) is 33.9 Å². The molecule has 0 aliphatic rings. The van der Waals surface area contributed by atoms with Gasteiger partial charge in [-0.05, 0) is 57.0 Å². The van der Waals surface area contributed by atoms with Crippen molar-refractivity contribution >= 4 is 11.8 Å². The largest absolute Gasteiger partial charge is 0.436 e. The van der Waals surface area contributed by atoms with E-state index in [4.69, 9.17) is 10.2 Å². The first-order valence-electron chi connectivity index (χ1n) is 6.28. The van der Waals surface area contributed by atoms with Gasteiger partial charge in [-0.1, -0.05) is 6.07 Å². The first-order chi connectivity index (χ1) is 8.95. The van der Waals surface area contributed by atoms with Crippen LogP contribution in [0.25, 0.3) is 0 Å². The molecule has 2 N–H and O–H groups in total. The summed E-state index contributed by atoms with van der Waals surface area (Å²) in [7, 11) is 0. The molecule has 0 aromatic carbocycles. The zero-order valence-electron chi connectivity index (χ0n) is 11.7. The molecule has 0 amide bonds. The molecule has 2 heterocycles. The van der Waals surface area contributed by atoms with Gasteiger partial charge in [-0.3, -0.25) is 0 Å². The third-order valence-electron chi connectivity index (χ3n) is 2.84. The van der Waals surface area contributed by atoms with Gasteiger partial charge in [-0.25, -0.2) is 9.97 Å². The molecule has 1 atom stereocenters. The number of aryl methyl sites for hydroxylation is 3. The lowest BCUT2D eigenvalue weighted by molar-refractivity contribution is 0.431. The lowest BCUT2D eigenvalue weighted by Crippen LogP contribution is -2.17. The fraction of sp³-hybridized carbons (Fsp3) is 0.429. The highest BCUT2D eigenvalue weighted by atomic mass is 32.2. The predicted octanol–water partition coefficient (Wildman–Crippen LogP) is 3.04. The van der Waals surface area contributed by atoms with Gasteiger partial charge in [0.2, 0.25) is 0 Å². The van der Waals surface area contributed by atoms with Crippen molar-refractivity contribution < 1.29 is 4.42 Å². The lowest BCUT2D eigenvalue weighted by atomic mass is 10.1. The molecular formula is C14H19N3OS. The van der Waals surface area contributed by atoms with Crippen LogP contribution in [-0.4, -0.2) is 16.0 Å². The van der Waals surface area contributed by atoms with Gasteiger partial charge in [0.05, 0.1) is 5.69 Å². The van der Waals surface area contributed by atoms with Crippen molar-refractivity contribution in [3.8, 4) is 0 Å². The molecule has 102 valence electrons. The van der Waals surface area contributed by atoms with Crippen LogP contribution in [0.1, 0.15) is 29.5 Å². The zero-order valence-corrected chi connectivity index (χ0v) is 12.5. The number of nitrogens with zero attached hydrogens (tertiary/aromatic N) is 2. The number of nitrogens with two attached hydrogens (primary N) is 1. The van der Waals surface area contributed by atoms with Crippen molar-refractivity contribution in [1.82, 2.24) is 9.97 Å². The minimum Gasteiger partial charge on any atom is -0.436 e. The third-order valence-corrected chi connectivity index (χ3v) is 3.81. The van der Waals surface area contributed by atoms with Crippen LogP contribution in [0, 0.1) is 20.8 Å². The van der Waals surface area contributed by atoms with Crippen LogP contribution < -0.4 is 5.73 Å². The van der Waals surface area contributed by atoms with Crippen molar-refractivity contribution in [1.29, 1.82) is 0 Å². The molecule has 1 unspecified atom stereocenters. The molecule has 0 radical (unpaired) electrons. The van der Waals surface area contributed by atoms with Crippen LogP contribution in [0.2, 0.25) is 0 Å². The van der Waals surface area contributed by atoms with Gasteiger partial charge >= 0.3 is 0 Å². The summed E-state index contributed by atoms with van der Waals surface area (Å²) in [5, 5.41) is 1.57. The Hall–Kier alpha value is -1.33. The van der Waals surface area contributed by atoms with Gasteiger partial charge < -0.3 is 10.2 Å². The fourth-order valence-corrected chi connectivity index (χ4v) is 2.62. The van der Waals surface area contributed by atoms with Gasteiger partial charge in [0, 0.05) is 12.2 Å². The average molecular weight is 277 g/mol. The Morgan fingerprint density at radius 1 is 1.37 bits per heavy atom. The summed E-state index contributed by atoms with van der Waals surface area (Å²) in [4.78, 5) is 8.83. The standard InChI is InChI=1S/C14H19N3OS/c1-8-5-12(6-9(2)15)7-16-13(8)19-14-17-10(3)11(4)18-14/h5,7,9H,6,15H2,1-4H3. The molecule has 2 rings (SSSR count). The normalized spacial score (nSPS) is 12.7. The van der Waals surface area contributed by atoms with Crippen LogP contribution in [0.3, 0.4) is 0 Å². The van der Waals surface area contributed by atoms with Gasteiger partial charge in [0.25, 0.3) is 5.22 Å². The smallest absolute Gasteiger partial charge is 0.262 e. The Balaban J connectivity index is 2.17. The number of hydrogen-bond donors (Lipinski definition) is 1. The topological polar surface area (TPSA) is 64.9 Å². The minimum atomic E-state index is 0.150. The Kier molecular flexibility index (Phi) is 4.27. The highest BCUT2D eigenvalue weighted by Gasteiger charge is 2.11. The van der Waals surface area contributed by atoms with Crippen molar-refractivity contribution in [2.75, 3.05) is 0 Å². The second-order valence-electron chi connectivity index (χ2n) is 4.87. The maximum atomic E-state index is 5.80. The summed E-state index contributed by atoms with van der Waals surface area (Å²) in [5.74, 6) is 0.855. The molecule has 2 aromatic rings. The molecule has 0 saturated heterocycles. The van der Waals surface area contributed by atoms with Crippen LogP contribution >= 0.6 is 11.8 Å². The summed E-state index contributed by atoms with van der Waals surface area (Å²) in [6.45, 7) is 7.90. The van der Waals surface area contributed by atoms with Crippen LogP contribution in [0.15, 0.2) is 26.9 Å². The predicted molar refractivity (Wildman–Crippen MR) is 76.4 cm³/mol. The second kappa shape index (κ2) is 5.75. The zero-order chi connectivity index (χ0) is 14.0. The maximum Gasteiger partial charge on any atom is 0.262 e. The highest BCUT2D eigenvalue weighted by Crippen LogP contribution is 2.29. The molecule has 0 spiro atoms. The van der Waals surface area contributed by atoms with Crippen LogP contribution in [0.5, 0.6) is 0 Å². The molecule has 2 aromatic heterocycles. The molecule has 4 nitrogen and oxygen atoms in total. The molecule has 5 heteroatoms. The number of hydrogen-bond acceptors (Lipinski definition) is 5. The summed E-state index contributed by atoms with van der Waals surface area (Å²) in [5.41, 5.74) is 9.01. The summed E-state index contributed by atoms with van der Waals surface area (Å²) in [6, 6.07) is 2.28. The summed E-state index contributed by atoms with van der Waals surface area (Å²) < 4.78 is 5.56. The van der Waals surface area contributed by atoms with E-state index in [1.54, 1.807) is 0 Å². The Morgan fingerprint density at radius 2 is 2.11 bits per heavy atom. The van der Waals surface area contributed by atoms with Crippen molar-refractivity contribution in [3.63, 3.8) is 0 Å². The van der Waals surface area contributed by atoms with Gasteiger partial charge in [0.1, 0.15) is 10.8 Å². The van der Waals surface area contributed by atoms with Crippen LogP contribution in [0.4, 0.5) is 0 Å². The molecule has 0 aliphatic carbocycles. The first kappa shape index (κ1) is 14.1. The molecule has 19 heavy (non-hydrogen) atoms. The monoisotopic (exact) mass is 277 g/mol. The number of oxazole rings is 1. The molecule has 0 fully saturated rings. The van der Waals surface area contributed by atoms with E-state index in [-0.39, 0.29) is 6.04 Å². The van der Waals surface area contributed by atoms with E-state index in [0.29, 0.717) is 5.22 Å². The Labute approximate surface area is 117 Å². The average Bonchev–Trinajstić information content (AvgIpc) is 2.61. The van der Waals surface area contributed by atoms with E-state index in [9.17, 15) is 0 Å². The highest BCUT2D eigenvalue weighted by molar-refractivity contribution is 7.99. The molecule has 0 saturated carbocycles. The van der Waals surface area contributed by atoms with Crippen molar-refractivity contribution in [2.45, 2.75) is 50.4 Å². The van der Waals surface area contributed by atoms with Crippen molar-refractivity contribution in [2.24, 2.45) is 5.73 Å². The molecule has 0 bridgehead atoms. The van der Waals surface area contributed by atoms with E-state index >= 15 is 0 Å². The Morgan fingerprint density at radius 3 is 2.63 bits per heavy atom. The van der Waals surface area contributed by atoms with Gasteiger partial charge in [-0.15, -0.1) is 0 Å². The van der Waals surface area contributed by atoms with Gasteiger partial charge in [-0.2, -0.15) is 0 Å². The summed E-state index contributed by atoms with van der Waals surface area (Å²) in [6.07, 6.45) is 2.72. The number of pyridine rings is 1. The molecular weight excluding hydrogens is 258 g/mol. The lowest BCUT2D eigenvalue weighted by Gasteiger charge is -2.07. The van der Waals surface area contributed by atoms with E-state index in [2.05, 4.69) is 16.0 Å².